The zero-order valence-corrected chi connectivity index (χ0v) is 20.3. The molecule has 4 nitrogen and oxygen atoms in total. The van der Waals surface area contributed by atoms with Gasteiger partial charge in [0.05, 0.1) is 17.6 Å². The minimum atomic E-state index is 0.441. The van der Waals surface area contributed by atoms with Gasteiger partial charge in [-0.05, 0) is 79.3 Å². The largest absolute Gasteiger partial charge is 0.494 e. The molecule has 0 fully saturated rings. The van der Waals surface area contributed by atoms with Crippen LogP contribution >= 0.6 is 11.6 Å². The lowest BCUT2D eigenvalue weighted by Gasteiger charge is -2.12. The molecule has 0 amide bonds. The number of aryl methyl sites for hydroxylation is 2. The summed E-state index contributed by atoms with van der Waals surface area (Å²) in [5.41, 5.74) is 4.48. The first-order valence-electron chi connectivity index (χ1n) is 11.6. The maximum Gasteiger partial charge on any atom is 0.147 e. The predicted molar refractivity (Wildman–Crippen MR) is 136 cm³/mol. The summed E-state index contributed by atoms with van der Waals surface area (Å²) in [5, 5.41) is 0.764. The summed E-state index contributed by atoms with van der Waals surface area (Å²) in [6.07, 6.45) is 1.94. The Labute approximate surface area is 201 Å². The normalized spacial score (nSPS) is 11.3. The molecule has 33 heavy (non-hydrogen) atoms. The molecule has 5 heteroatoms. The molecule has 172 valence electrons. The Kier molecular flexibility index (Phi) is 7.56. The van der Waals surface area contributed by atoms with Gasteiger partial charge in [0.1, 0.15) is 23.9 Å². The van der Waals surface area contributed by atoms with Gasteiger partial charge in [0.15, 0.2) is 0 Å². The number of nitrogens with zero attached hydrogens (tertiary/aromatic N) is 2. The highest BCUT2D eigenvalue weighted by molar-refractivity contribution is 6.31. The van der Waals surface area contributed by atoms with E-state index in [9.17, 15) is 0 Å². The number of rotatable bonds is 10. The second kappa shape index (κ2) is 10.8. The molecule has 0 saturated heterocycles. The van der Waals surface area contributed by atoms with Crippen LogP contribution in [-0.2, 0) is 13.2 Å². The Morgan fingerprint density at radius 1 is 0.909 bits per heavy atom. The summed E-state index contributed by atoms with van der Waals surface area (Å²) in [5.74, 6) is 3.18. The number of hydrogen-bond donors (Lipinski definition) is 0. The summed E-state index contributed by atoms with van der Waals surface area (Å²) in [7, 11) is 0. The molecule has 0 radical (unpaired) electrons. The number of fused-ring (bicyclic) bond motifs is 1. The van der Waals surface area contributed by atoms with Crippen molar-refractivity contribution in [1.82, 2.24) is 9.55 Å². The van der Waals surface area contributed by atoms with E-state index in [1.165, 1.54) is 5.56 Å². The average Bonchev–Trinajstić information content (AvgIpc) is 3.17. The van der Waals surface area contributed by atoms with Gasteiger partial charge in [-0.15, -0.1) is 0 Å². The molecule has 0 saturated carbocycles. The number of ether oxygens (including phenoxy) is 2. The second-order valence-corrected chi connectivity index (χ2v) is 9.05. The van der Waals surface area contributed by atoms with Crippen molar-refractivity contribution in [2.45, 2.75) is 52.7 Å². The van der Waals surface area contributed by atoms with Crippen LogP contribution in [0.4, 0.5) is 0 Å². The van der Waals surface area contributed by atoms with Crippen molar-refractivity contribution in [3.8, 4) is 11.5 Å². The SMILES string of the molecule is Cc1cc(OCCCCn2c(COc3ccc(C(C)C)cc3)nc3ccccc32)ccc1Cl. The molecule has 0 aliphatic carbocycles. The number of para-hydroxylation sites is 2. The Hall–Kier alpha value is -2.98. The van der Waals surface area contributed by atoms with Gasteiger partial charge >= 0.3 is 0 Å². The minimum absolute atomic E-state index is 0.441. The molecule has 4 aromatic rings. The zero-order chi connectivity index (χ0) is 23.2. The van der Waals surface area contributed by atoms with E-state index in [1.54, 1.807) is 0 Å². The van der Waals surface area contributed by atoms with Crippen molar-refractivity contribution in [2.75, 3.05) is 6.61 Å². The summed E-state index contributed by atoms with van der Waals surface area (Å²) in [6, 6.07) is 22.4. The molecule has 0 aliphatic rings. The van der Waals surface area contributed by atoms with E-state index < -0.39 is 0 Å². The van der Waals surface area contributed by atoms with E-state index in [4.69, 9.17) is 26.1 Å². The quantitative estimate of drug-likeness (QED) is 0.228. The molecule has 1 heterocycles. The van der Waals surface area contributed by atoms with Crippen molar-refractivity contribution in [3.05, 3.63) is 88.7 Å². The van der Waals surface area contributed by atoms with Crippen LogP contribution in [0.5, 0.6) is 11.5 Å². The van der Waals surface area contributed by atoms with E-state index in [2.05, 4.69) is 48.7 Å². The van der Waals surface area contributed by atoms with E-state index in [1.807, 2.05) is 43.3 Å². The molecule has 0 bridgehead atoms. The van der Waals surface area contributed by atoms with Crippen molar-refractivity contribution >= 4 is 22.6 Å². The lowest BCUT2D eigenvalue weighted by molar-refractivity contribution is 0.285. The fourth-order valence-corrected chi connectivity index (χ4v) is 3.97. The number of halogens is 1. The number of unbranched alkanes of at least 4 members (excludes halogenated alkanes) is 1. The van der Waals surface area contributed by atoms with E-state index in [0.29, 0.717) is 19.1 Å². The first-order valence-corrected chi connectivity index (χ1v) is 11.9. The van der Waals surface area contributed by atoms with Crippen LogP contribution in [0.15, 0.2) is 66.7 Å². The Morgan fingerprint density at radius 2 is 1.67 bits per heavy atom. The van der Waals surface area contributed by atoms with Gasteiger partial charge in [-0.25, -0.2) is 4.98 Å². The van der Waals surface area contributed by atoms with Crippen LogP contribution in [0.25, 0.3) is 11.0 Å². The van der Waals surface area contributed by atoms with Gasteiger partial charge in [-0.3, -0.25) is 0 Å². The molecule has 0 aliphatic heterocycles. The van der Waals surface area contributed by atoms with E-state index >= 15 is 0 Å². The molecule has 1 aromatic heterocycles. The molecule has 0 atom stereocenters. The molecule has 0 N–H and O–H groups in total. The van der Waals surface area contributed by atoms with Gasteiger partial charge in [0, 0.05) is 11.6 Å². The van der Waals surface area contributed by atoms with Gasteiger partial charge in [0.25, 0.3) is 0 Å². The van der Waals surface area contributed by atoms with Crippen molar-refractivity contribution in [1.29, 1.82) is 0 Å². The zero-order valence-electron chi connectivity index (χ0n) is 19.6. The molecule has 3 aromatic carbocycles. The summed E-state index contributed by atoms with van der Waals surface area (Å²) in [4.78, 5) is 4.83. The van der Waals surface area contributed by atoms with Crippen LogP contribution in [0.3, 0.4) is 0 Å². The van der Waals surface area contributed by atoms with Gasteiger partial charge in [0.2, 0.25) is 0 Å². The van der Waals surface area contributed by atoms with E-state index in [0.717, 1.165) is 58.3 Å². The highest BCUT2D eigenvalue weighted by Gasteiger charge is 2.11. The molecule has 0 spiro atoms. The van der Waals surface area contributed by atoms with Crippen LogP contribution in [0.2, 0.25) is 5.02 Å². The average molecular weight is 463 g/mol. The van der Waals surface area contributed by atoms with E-state index in [-0.39, 0.29) is 0 Å². The third-order valence-corrected chi connectivity index (χ3v) is 6.25. The van der Waals surface area contributed by atoms with Gasteiger partial charge in [-0.2, -0.15) is 0 Å². The second-order valence-electron chi connectivity index (χ2n) is 8.65. The van der Waals surface area contributed by atoms with Gasteiger partial charge in [-0.1, -0.05) is 49.7 Å². The predicted octanol–water partition coefficient (Wildman–Crippen LogP) is 7.56. The number of imidazole rings is 1. The fourth-order valence-electron chi connectivity index (χ4n) is 3.85. The lowest BCUT2D eigenvalue weighted by atomic mass is 10.0. The molecular weight excluding hydrogens is 432 g/mol. The number of hydrogen-bond acceptors (Lipinski definition) is 3. The molecule has 0 unspecified atom stereocenters. The topological polar surface area (TPSA) is 36.3 Å². The highest BCUT2D eigenvalue weighted by Crippen LogP contribution is 2.23. The lowest BCUT2D eigenvalue weighted by Crippen LogP contribution is -2.09. The van der Waals surface area contributed by atoms with Gasteiger partial charge < -0.3 is 14.0 Å². The van der Waals surface area contributed by atoms with Crippen molar-refractivity contribution < 1.29 is 9.47 Å². The Bertz CT molecular complexity index is 1200. The first-order chi connectivity index (χ1) is 16.0. The van der Waals surface area contributed by atoms with Crippen LogP contribution < -0.4 is 9.47 Å². The highest BCUT2D eigenvalue weighted by atomic mass is 35.5. The summed E-state index contributed by atoms with van der Waals surface area (Å²) < 4.78 is 14.3. The summed E-state index contributed by atoms with van der Waals surface area (Å²) in [6.45, 7) is 8.35. The Morgan fingerprint density at radius 3 is 2.42 bits per heavy atom. The first kappa shape index (κ1) is 23.2. The van der Waals surface area contributed by atoms with Crippen LogP contribution in [0, 0.1) is 6.92 Å². The fraction of sp³-hybridized carbons (Fsp3) is 0.321. The number of aromatic nitrogens is 2. The third-order valence-electron chi connectivity index (χ3n) is 5.82. The smallest absolute Gasteiger partial charge is 0.147 e. The van der Waals surface area contributed by atoms with Crippen LogP contribution in [-0.4, -0.2) is 16.2 Å². The van der Waals surface area contributed by atoms with Crippen molar-refractivity contribution in [3.63, 3.8) is 0 Å². The maximum atomic E-state index is 6.09. The third kappa shape index (κ3) is 5.88. The summed E-state index contributed by atoms with van der Waals surface area (Å²) >= 11 is 6.09. The molecule has 4 rings (SSSR count). The minimum Gasteiger partial charge on any atom is -0.494 e. The maximum absolute atomic E-state index is 6.09. The molecular formula is C28H31ClN2O2. The number of benzene rings is 3. The monoisotopic (exact) mass is 462 g/mol. The van der Waals surface area contributed by atoms with Crippen LogP contribution in [0.1, 0.15) is 49.6 Å². The Balaban J connectivity index is 1.37. The standard InChI is InChI=1S/C28H31ClN2O2/c1-20(2)22-10-12-23(13-11-22)33-19-28-30-26-8-4-5-9-27(26)31(28)16-6-7-17-32-24-14-15-25(29)21(3)18-24/h4-5,8-15,18,20H,6-7,16-17,19H2,1-3H3. The van der Waals surface area contributed by atoms with Crippen molar-refractivity contribution in [2.24, 2.45) is 0 Å².